The number of hydrogen-bond donors (Lipinski definition) is 3. The minimum Gasteiger partial charge on any atom is -0.446 e. The molecule has 2 fully saturated rings. The number of nitrogens with one attached hydrogen (secondary N) is 2. The number of anilines is 3. The summed E-state index contributed by atoms with van der Waals surface area (Å²) in [6.07, 6.45) is 6.51. The predicted octanol–water partition coefficient (Wildman–Crippen LogP) is 5.42. The summed E-state index contributed by atoms with van der Waals surface area (Å²) in [5.74, 6) is 1.57. The summed E-state index contributed by atoms with van der Waals surface area (Å²) in [4.78, 5) is 25.6. The second-order valence-corrected chi connectivity index (χ2v) is 10.5. The Balaban J connectivity index is 1.43. The topological polar surface area (TPSA) is 129 Å². The smallest absolute Gasteiger partial charge is 0.404 e. The van der Waals surface area contributed by atoms with Crippen molar-refractivity contribution in [1.82, 2.24) is 19.5 Å². The van der Waals surface area contributed by atoms with Crippen molar-refractivity contribution in [3.05, 3.63) is 35.5 Å². The molecule has 1 aliphatic carbocycles. The first-order valence-corrected chi connectivity index (χ1v) is 13.4. The number of carbonyl (C=O) groups excluding carboxylic acids is 1. The second-order valence-electron chi connectivity index (χ2n) is 10.1. The van der Waals surface area contributed by atoms with Crippen LogP contribution >= 0.6 is 11.6 Å². The van der Waals surface area contributed by atoms with Crippen LogP contribution in [0, 0.1) is 5.92 Å². The number of nitrogens with two attached hydrogens (primary N) is 1. The number of benzene rings is 1. The van der Waals surface area contributed by atoms with E-state index in [-0.39, 0.29) is 30.2 Å². The third-order valence-electron chi connectivity index (χ3n) is 7.40. The number of halogens is 1. The number of nitrogens with zero attached hydrogens (tertiary/aromatic N) is 4. The Bertz CT molecular complexity index is 1240. The molecule has 10 nitrogen and oxygen atoms in total. The van der Waals surface area contributed by atoms with Crippen LogP contribution in [-0.4, -0.2) is 50.5 Å². The lowest BCUT2D eigenvalue weighted by Crippen LogP contribution is -2.33. The van der Waals surface area contributed by atoms with Crippen molar-refractivity contribution in [3.8, 4) is 0 Å². The van der Waals surface area contributed by atoms with E-state index >= 15 is 0 Å². The largest absolute Gasteiger partial charge is 0.446 e. The van der Waals surface area contributed by atoms with Gasteiger partial charge in [0.15, 0.2) is 5.65 Å². The summed E-state index contributed by atoms with van der Waals surface area (Å²) in [5, 5.41) is 7.59. The Morgan fingerprint density at radius 1 is 1.24 bits per heavy atom. The molecule has 3 heterocycles. The van der Waals surface area contributed by atoms with Crippen molar-refractivity contribution < 1.29 is 14.3 Å². The molecule has 1 amide bonds. The van der Waals surface area contributed by atoms with E-state index < -0.39 is 6.09 Å². The molecule has 4 N–H and O–H groups in total. The number of aromatic nitrogens is 4. The molecule has 0 radical (unpaired) electrons. The lowest BCUT2D eigenvalue weighted by atomic mass is 9.83. The molecule has 3 aromatic rings. The van der Waals surface area contributed by atoms with Crippen LogP contribution in [0.25, 0.3) is 11.2 Å². The number of fused-ring (bicyclic) bond motifs is 1. The average molecular weight is 528 g/mol. The SMILES string of the molecule is CC(OC(N)=O)C1CCC(n2c(Nc3cccc(Cl)c3)nc3cnc(N[C@H]4CCO[C@@H](C)C4)nc32)CC1. The van der Waals surface area contributed by atoms with Gasteiger partial charge in [0.2, 0.25) is 11.9 Å². The molecule has 0 spiro atoms. The highest BCUT2D eigenvalue weighted by Crippen LogP contribution is 2.38. The predicted molar refractivity (Wildman–Crippen MR) is 143 cm³/mol. The zero-order chi connectivity index (χ0) is 25.9. The molecule has 2 aromatic heterocycles. The van der Waals surface area contributed by atoms with E-state index in [0.29, 0.717) is 16.9 Å². The van der Waals surface area contributed by atoms with Gasteiger partial charge >= 0.3 is 6.09 Å². The zero-order valence-electron chi connectivity index (χ0n) is 21.2. The standard InChI is InChI=1S/C26H34ClN7O3/c1-15-12-20(10-11-36-15)30-25-29-14-22-23(33-25)34(26(32-22)31-19-5-3-4-18(27)13-19)21-8-6-17(7-9-21)16(2)37-24(28)35/h3-5,13-17,20-21H,6-12H2,1-2H3,(H2,28,35)(H,31,32)(H,29,30,33)/t15-,16?,17?,20-,21?/m0/s1. The van der Waals surface area contributed by atoms with Crippen LogP contribution in [0.1, 0.15) is 58.4 Å². The number of hydrogen-bond acceptors (Lipinski definition) is 8. The first-order chi connectivity index (χ1) is 17.9. The Hall–Kier alpha value is -3.11. The van der Waals surface area contributed by atoms with Gasteiger partial charge in [-0.05, 0) is 76.5 Å². The average Bonchev–Trinajstić information content (AvgIpc) is 3.20. The highest BCUT2D eigenvalue weighted by molar-refractivity contribution is 6.30. The van der Waals surface area contributed by atoms with Gasteiger partial charge < -0.3 is 25.8 Å². The third kappa shape index (κ3) is 6.07. The lowest BCUT2D eigenvalue weighted by Gasteiger charge is -2.33. The molecule has 37 heavy (non-hydrogen) atoms. The van der Waals surface area contributed by atoms with Gasteiger partial charge in [0.25, 0.3) is 0 Å². The first-order valence-electron chi connectivity index (χ1n) is 13.0. The van der Waals surface area contributed by atoms with E-state index in [1.807, 2.05) is 31.2 Å². The van der Waals surface area contributed by atoms with Gasteiger partial charge in [-0.1, -0.05) is 17.7 Å². The number of rotatable bonds is 7. The van der Waals surface area contributed by atoms with E-state index in [1.165, 1.54) is 0 Å². The summed E-state index contributed by atoms with van der Waals surface area (Å²) < 4.78 is 13.1. The van der Waals surface area contributed by atoms with Crippen molar-refractivity contribution in [2.45, 2.75) is 76.7 Å². The molecule has 2 aliphatic rings. The van der Waals surface area contributed by atoms with Crippen LogP contribution in [-0.2, 0) is 9.47 Å². The van der Waals surface area contributed by atoms with Crippen LogP contribution in [0.2, 0.25) is 5.02 Å². The summed E-state index contributed by atoms with van der Waals surface area (Å²) in [6, 6.07) is 8.02. The highest BCUT2D eigenvalue weighted by Gasteiger charge is 2.31. The number of ether oxygens (including phenoxy) is 2. The van der Waals surface area contributed by atoms with Gasteiger partial charge in [-0.2, -0.15) is 4.98 Å². The van der Waals surface area contributed by atoms with E-state index in [1.54, 1.807) is 6.20 Å². The molecule has 3 atom stereocenters. The fourth-order valence-corrected chi connectivity index (χ4v) is 5.70. The monoisotopic (exact) mass is 527 g/mol. The van der Waals surface area contributed by atoms with Crippen LogP contribution in [0.5, 0.6) is 0 Å². The van der Waals surface area contributed by atoms with Crippen LogP contribution in [0.15, 0.2) is 30.5 Å². The fraction of sp³-hybridized carbons (Fsp3) is 0.538. The molecule has 1 saturated carbocycles. The third-order valence-corrected chi connectivity index (χ3v) is 7.64. The Labute approximate surface area is 221 Å². The maximum atomic E-state index is 11.2. The Morgan fingerprint density at radius 3 is 2.78 bits per heavy atom. The highest BCUT2D eigenvalue weighted by atomic mass is 35.5. The summed E-state index contributed by atoms with van der Waals surface area (Å²) >= 11 is 6.23. The maximum absolute atomic E-state index is 11.2. The van der Waals surface area contributed by atoms with Crippen LogP contribution in [0.4, 0.5) is 22.4 Å². The maximum Gasteiger partial charge on any atom is 0.404 e. The molecule has 1 aliphatic heterocycles. The molecule has 1 aromatic carbocycles. The van der Waals surface area contributed by atoms with Crippen molar-refractivity contribution in [1.29, 1.82) is 0 Å². The number of imidazole rings is 1. The van der Waals surface area contributed by atoms with Gasteiger partial charge in [-0.15, -0.1) is 0 Å². The van der Waals surface area contributed by atoms with Gasteiger partial charge in [0.05, 0.1) is 12.3 Å². The molecular formula is C26H34ClN7O3. The molecule has 198 valence electrons. The lowest BCUT2D eigenvalue weighted by molar-refractivity contribution is 0.0231. The quantitative estimate of drug-likeness (QED) is 0.371. The zero-order valence-corrected chi connectivity index (χ0v) is 21.9. The second kappa shape index (κ2) is 11.1. The minimum atomic E-state index is -0.723. The van der Waals surface area contributed by atoms with Gasteiger partial charge in [-0.3, -0.25) is 4.57 Å². The summed E-state index contributed by atoms with van der Waals surface area (Å²) in [6.45, 7) is 4.73. The number of primary amides is 1. The summed E-state index contributed by atoms with van der Waals surface area (Å²) in [5.41, 5.74) is 7.60. The van der Waals surface area contributed by atoms with E-state index in [0.717, 1.165) is 62.0 Å². The van der Waals surface area contributed by atoms with Crippen molar-refractivity contribution in [3.63, 3.8) is 0 Å². The molecule has 0 bridgehead atoms. The van der Waals surface area contributed by atoms with Crippen molar-refractivity contribution >= 4 is 46.4 Å². The van der Waals surface area contributed by atoms with E-state index in [4.69, 9.17) is 36.8 Å². The van der Waals surface area contributed by atoms with Crippen LogP contribution in [0.3, 0.4) is 0 Å². The van der Waals surface area contributed by atoms with E-state index in [2.05, 4.69) is 27.1 Å². The van der Waals surface area contributed by atoms with Gasteiger partial charge in [-0.25, -0.2) is 14.8 Å². The van der Waals surface area contributed by atoms with Crippen LogP contribution < -0.4 is 16.4 Å². The van der Waals surface area contributed by atoms with Gasteiger partial charge in [0.1, 0.15) is 11.6 Å². The summed E-state index contributed by atoms with van der Waals surface area (Å²) in [7, 11) is 0. The molecule has 11 heteroatoms. The molecule has 1 unspecified atom stereocenters. The minimum absolute atomic E-state index is 0.176. The molecule has 1 saturated heterocycles. The molecule has 5 rings (SSSR count). The normalized spacial score (nSPS) is 24.9. The van der Waals surface area contributed by atoms with Crippen molar-refractivity contribution in [2.75, 3.05) is 17.2 Å². The number of amides is 1. The van der Waals surface area contributed by atoms with Gasteiger partial charge in [0, 0.05) is 29.4 Å². The van der Waals surface area contributed by atoms with Crippen molar-refractivity contribution in [2.24, 2.45) is 11.7 Å². The molecular weight excluding hydrogens is 494 g/mol. The Kier molecular flexibility index (Phi) is 7.66. The van der Waals surface area contributed by atoms with E-state index in [9.17, 15) is 4.79 Å². The Morgan fingerprint density at radius 2 is 2.05 bits per heavy atom. The number of carbonyl (C=O) groups is 1. The first kappa shape index (κ1) is 25.5. The fourth-order valence-electron chi connectivity index (χ4n) is 5.51.